The van der Waals surface area contributed by atoms with Gasteiger partial charge in [-0.2, -0.15) is 0 Å². The lowest BCUT2D eigenvalue weighted by atomic mass is 10.1. The smallest absolute Gasteiger partial charge is 0.289 e. The maximum atomic E-state index is 12.9. The first-order chi connectivity index (χ1) is 8.65. The van der Waals surface area contributed by atoms with Gasteiger partial charge in [-0.3, -0.25) is 4.79 Å². The lowest BCUT2D eigenvalue weighted by Crippen LogP contribution is -2.25. The van der Waals surface area contributed by atoms with E-state index in [1.165, 1.54) is 12.1 Å². The van der Waals surface area contributed by atoms with Crippen molar-refractivity contribution in [1.82, 2.24) is 10.5 Å². The first kappa shape index (κ1) is 12.3. The normalized spacial score (nSPS) is 10.3. The minimum Gasteiger partial charge on any atom is -0.351 e. The number of amides is 1. The largest absolute Gasteiger partial charge is 0.351 e. The number of benzene rings is 1. The summed E-state index contributed by atoms with van der Waals surface area (Å²) in [5, 5.41) is 6.32. The van der Waals surface area contributed by atoms with Crippen LogP contribution in [0, 0.1) is 12.7 Å². The Morgan fingerprint density at radius 1 is 1.44 bits per heavy atom. The molecular formula is C13H13FN2O2. The minimum atomic E-state index is -0.313. The Hall–Kier alpha value is -2.17. The van der Waals surface area contributed by atoms with Crippen molar-refractivity contribution in [2.24, 2.45) is 0 Å². The summed E-state index contributed by atoms with van der Waals surface area (Å²) in [6.45, 7) is 2.16. The van der Waals surface area contributed by atoms with Gasteiger partial charge in [0.1, 0.15) is 5.82 Å². The van der Waals surface area contributed by atoms with Crippen LogP contribution in [0.1, 0.15) is 21.8 Å². The Morgan fingerprint density at radius 3 is 2.94 bits per heavy atom. The van der Waals surface area contributed by atoms with Crippen molar-refractivity contribution in [2.45, 2.75) is 13.3 Å². The summed E-state index contributed by atoms with van der Waals surface area (Å²) in [7, 11) is 0. The molecule has 0 unspecified atom stereocenters. The van der Waals surface area contributed by atoms with Gasteiger partial charge < -0.3 is 9.84 Å². The van der Waals surface area contributed by atoms with E-state index in [4.69, 9.17) is 4.52 Å². The predicted octanol–water partition coefficient (Wildman–Crippen LogP) is 2.09. The monoisotopic (exact) mass is 248 g/mol. The van der Waals surface area contributed by atoms with Crippen molar-refractivity contribution in [2.75, 3.05) is 6.54 Å². The molecule has 0 aliphatic rings. The van der Waals surface area contributed by atoms with E-state index in [-0.39, 0.29) is 17.5 Å². The molecule has 0 radical (unpaired) electrons. The molecule has 2 aromatic rings. The lowest BCUT2D eigenvalue weighted by Gasteiger charge is -2.03. The summed E-state index contributed by atoms with van der Waals surface area (Å²) in [4.78, 5) is 11.6. The summed E-state index contributed by atoms with van der Waals surface area (Å²) in [5.74, 6) is -0.400. The average molecular weight is 248 g/mol. The molecule has 1 amide bonds. The van der Waals surface area contributed by atoms with Crippen molar-refractivity contribution in [3.63, 3.8) is 0 Å². The molecule has 5 heteroatoms. The predicted molar refractivity (Wildman–Crippen MR) is 63.7 cm³/mol. The fourth-order valence-corrected chi connectivity index (χ4v) is 1.57. The summed E-state index contributed by atoms with van der Waals surface area (Å²) < 4.78 is 17.7. The molecule has 2 rings (SSSR count). The molecule has 0 fully saturated rings. The van der Waals surface area contributed by atoms with Crippen LogP contribution in [0.5, 0.6) is 0 Å². The summed E-state index contributed by atoms with van der Waals surface area (Å²) in [6, 6.07) is 7.86. The maximum Gasteiger partial charge on any atom is 0.289 e. The highest BCUT2D eigenvalue weighted by molar-refractivity contribution is 5.91. The van der Waals surface area contributed by atoms with Gasteiger partial charge in [0, 0.05) is 12.6 Å². The lowest BCUT2D eigenvalue weighted by molar-refractivity contribution is 0.0917. The quantitative estimate of drug-likeness (QED) is 0.901. The Kier molecular flexibility index (Phi) is 3.72. The molecule has 1 aromatic heterocycles. The number of hydrogen-bond donors (Lipinski definition) is 1. The van der Waals surface area contributed by atoms with Crippen LogP contribution in [-0.4, -0.2) is 17.6 Å². The number of carbonyl (C=O) groups is 1. The molecule has 0 saturated carbocycles. The number of rotatable bonds is 4. The van der Waals surface area contributed by atoms with Gasteiger partial charge in [-0.25, -0.2) is 4.39 Å². The van der Waals surface area contributed by atoms with E-state index in [9.17, 15) is 9.18 Å². The number of aromatic nitrogens is 1. The van der Waals surface area contributed by atoms with Gasteiger partial charge in [0.2, 0.25) is 5.76 Å². The second-order valence-electron chi connectivity index (χ2n) is 3.97. The van der Waals surface area contributed by atoms with Gasteiger partial charge >= 0.3 is 0 Å². The molecule has 18 heavy (non-hydrogen) atoms. The fraction of sp³-hybridized carbons (Fsp3) is 0.231. The molecule has 1 heterocycles. The Morgan fingerprint density at radius 2 is 2.28 bits per heavy atom. The van der Waals surface area contributed by atoms with E-state index in [2.05, 4.69) is 10.5 Å². The number of aryl methyl sites for hydroxylation is 1. The zero-order valence-electron chi connectivity index (χ0n) is 9.94. The molecule has 0 bridgehead atoms. The van der Waals surface area contributed by atoms with Crippen LogP contribution >= 0.6 is 0 Å². The van der Waals surface area contributed by atoms with Gasteiger partial charge in [-0.05, 0) is 31.0 Å². The number of halogens is 1. The van der Waals surface area contributed by atoms with Crippen molar-refractivity contribution in [3.8, 4) is 0 Å². The number of nitrogens with zero attached hydrogens (tertiary/aromatic N) is 1. The van der Waals surface area contributed by atoms with Crippen molar-refractivity contribution >= 4 is 5.91 Å². The second-order valence-corrected chi connectivity index (χ2v) is 3.97. The van der Waals surface area contributed by atoms with Crippen molar-refractivity contribution in [1.29, 1.82) is 0 Å². The number of nitrogens with one attached hydrogen (secondary N) is 1. The molecule has 0 aliphatic carbocycles. The molecule has 1 aromatic carbocycles. The Bertz CT molecular complexity index is 551. The van der Waals surface area contributed by atoms with Crippen LogP contribution in [0.15, 0.2) is 34.9 Å². The highest BCUT2D eigenvalue weighted by atomic mass is 19.1. The summed E-state index contributed by atoms with van der Waals surface area (Å²) in [5.41, 5.74) is 1.49. The molecule has 94 valence electrons. The van der Waals surface area contributed by atoms with E-state index in [1.807, 2.05) is 6.07 Å². The zero-order chi connectivity index (χ0) is 13.0. The highest BCUT2D eigenvalue weighted by Crippen LogP contribution is 2.04. The number of carbonyl (C=O) groups excluding carboxylic acids is 1. The fourth-order valence-electron chi connectivity index (χ4n) is 1.57. The standard InChI is InChI=1S/C13H13FN2O2/c1-9-7-12(18-16-9)13(17)15-6-5-10-3-2-4-11(14)8-10/h2-4,7-8H,5-6H2,1H3,(H,15,17). The number of hydrogen-bond acceptors (Lipinski definition) is 3. The van der Waals surface area contributed by atoms with E-state index >= 15 is 0 Å². The van der Waals surface area contributed by atoms with Gasteiger partial charge in [-0.15, -0.1) is 0 Å². The summed E-state index contributed by atoms with van der Waals surface area (Å²) in [6.07, 6.45) is 0.566. The molecule has 0 atom stereocenters. The third-order valence-electron chi connectivity index (χ3n) is 2.44. The SMILES string of the molecule is Cc1cc(C(=O)NCCc2cccc(F)c2)on1. The zero-order valence-corrected chi connectivity index (χ0v) is 9.94. The van der Waals surface area contributed by atoms with Gasteiger partial charge in [0.05, 0.1) is 5.69 Å². The van der Waals surface area contributed by atoms with E-state index in [1.54, 1.807) is 19.1 Å². The van der Waals surface area contributed by atoms with Crippen LogP contribution < -0.4 is 5.32 Å². The van der Waals surface area contributed by atoms with Crippen LogP contribution in [0.2, 0.25) is 0 Å². The van der Waals surface area contributed by atoms with Gasteiger partial charge in [0.15, 0.2) is 0 Å². The molecule has 1 N–H and O–H groups in total. The molecule has 0 saturated heterocycles. The first-order valence-corrected chi connectivity index (χ1v) is 5.61. The van der Waals surface area contributed by atoms with Crippen LogP contribution in [-0.2, 0) is 6.42 Å². The van der Waals surface area contributed by atoms with Gasteiger partial charge in [0.25, 0.3) is 5.91 Å². The highest BCUT2D eigenvalue weighted by Gasteiger charge is 2.10. The van der Waals surface area contributed by atoms with Crippen LogP contribution in [0.25, 0.3) is 0 Å². The topological polar surface area (TPSA) is 55.1 Å². The third kappa shape index (κ3) is 3.16. The van der Waals surface area contributed by atoms with E-state index in [0.29, 0.717) is 18.7 Å². The molecule has 4 nitrogen and oxygen atoms in total. The van der Waals surface area contributed by atoms with Crippen LogP contribution in [0.4, 0.5) is 4.39 Å². The Labute approximate surface area is 104 Å². The molecule has 0 aliphatic heterocycles. The summed E-state index contributed by atoms with van der Waals surface area (Å²) >= 11 is 0. The van der Waals surface area contributed by atoms with Crippen molar-refractivity contribution in [3.05, 3.63) is 53.2 Å². The van der Waals surface area contributed by atoms with E-state index in [0.717, 1.165) is 5.56 Å². The Balaban J connectivity index is 1.84. The average Bonchev–Trinajstić information content (AvgIpc) is 2.76. The van der Waals surface area contributed by atoms with Crippen LogP contribution in [0.3, 0.4) is 0 Å². The van der Waals surface area contributed by atoms with Crippen molar-refractivity contribution < 1.29 is 13.7 Å². The maximum absolute atomic E-state index is 12.9. The van der Waals surface area contributed by atoms with Gasteiger partial charge in [-0.1, -0.05) is 17.3 Å². The molecule has 0 spiro atoms. The van der Waals surface area contributed by atoms with E-state index < -0.39 is 0 Å². The molecular weight excluding hydrogens is 235 g/mol. The minimum absolute atomic E-state index is 0.187. The first-order valence-electron chi connectivity index (χ1n) is 5.61. The third-order valence-corrected chi connectivity index (χ3v) is 2.44. The second kappa shape index (κ2) is 5.44.